The van der Waals surface area contributed by atoms with Gasteiger partial charge in [-0.2, -0.15) is 0 Å². The number of hydrogen-bond acceptors (Lipinski definition) is 2. The minimum Gasteiger partial charge on any atom is -0.326 e. The largest absolute Gasteiger partial charge is 0.326 e. The van der Waals surface area contributed by atoms with Gasteiger partial charge >= 0.3 is 0 Å². The molecule has 19 heavy (non-hydrogen) atoms. The number of likely N-dealkylation sites (N-methyl/N-ethyl adjacent to an activating group) is 1. The average molecular weight is 266 g/mol. The molecule has 0 aliphatic heterocycles. The van der Waals surface area contributed by atoms with Gasteiger partial charge in [0, 0.05) is 18.1 Å². The molecular formula is C17H34N2. The minimum atomic E-state index is 0.403. The van der Waals surface area contributed by atoms with Crippen LogP contribution in [0.4, 0.5) is 0 Å². The molecule has 112 valence electrons. The minimum absolute atomic E-state index is 0.403. The van der Waals surface area contributed by atoms with Crippen molar-refractivity contribution < 1.29 is 0 Å². The molecule has 0 spiro atoms. The average Bonchev–Trinajstić information content (AvgIpc) is 2.34. The smallest absolute Gasteiger partial charge is 0.0247 e. The van der Waals surface area contributed by atoms with E-state index in [1.807, 2.05) is 0 Å². The molecule has 2 saturated carbocycles. The second-order valence-corrected chi connectivity index (χ2v) is 7.78. The van der Waals surface area contributed by atoms with Crippen LogP contribution in [-0.2, 0) is 0 Å². The Labute approximate surface area is 120 Å². The molecule has 0 saturated heterocycles. The summed E-state index contributed by atoms with van der Waals surface area (Å²) in [5, 5.41) is 0. The molecule has 0 bridgehead atoms. The highest BCUT2D eigenvalue weighted by atomic mass is 15.2. The van der Waals surface area contributed by atoms with Crippen molar-refractivity contribution in [1.82, 2.24) is 4.90 Å². The highest BCUT2D eigenvalue weighted by molar-refractivity contribution is 4.89. The Morgan fingerprint density at radius 3 is 2.11 bits per heavy atom. The summed E-state index contributed by atoms with van der Waals surface area (Å²) < 4.78 is 0. The standard InChI is InChI=1S/C17H34N2/c1-17(2)12-10-14(11-13-17)19(3)16-9-7-5-4-6-8-15(16)18/h14-16H,4-13,18H2,1-3H3. The summed E-state index contributed by atoms with van der Waals surface area (Å²) in [6.07, 6.45) is 13.6. The lowest BCUT2D eigenvalue weighted by Crippen LogP contribution is -2.51. The van der Waals surface area contributed by atoms with E-state index in [9.17, 15) is 0 Å². The van der Waals surface area contributed by atoms with Crippen LogP contribution in [0.3, 0.4) is 0 Å². The van der Waals surface area contributed by atoms with Crippen LogP contribution in [0.25, 0.3) is 0 Å². The Bertz CT molecular complexity index is 264. The van der Waals surface area contributed by atoms with Crippen LogP contribution in [-0.4, -0.2) is 30.1 Å². The topological polar surface area (TPSA) is 29.3 Å². The van der Waals surface area contributed by atoms with Crippen molar-refractivity contribution in [2.24, 2.45) is 11.1 Å². The number of nitrogens with two attached hydrogens (primary N) is 1. The van der Waals surface area contributed by atoms with Crippen molar-refractivity contribution in [3.63, 3.8) is 0 Å². The van der Waals surface area contributed by atoms with Crippen molar-refractivity contribution in [1.29, 1.82) is 0 Å². The van der Waals surface area contributed by atoms with Gasteiger partial charge in [-0.3, -0.25) is 4.90 Å². The third-order valence-electron chi connectivity index (χ3n) is 5.69. The van der Waals surface area contributed by atoms with Crippen molar-refractivity contribution in [2.75, 3.05) is 7.05 Å². The van der Waals surface area contributed by atoms with Crippen molar-refractivity contribution in [3.8, 4) is 0 Å². The molecule has 0 aromatic rings. The molecule has 2 fully saturated rings. The lowest BCUT2D eigenvalue weighted by Gasteiger charge is -2.44. The molecular weight excluding hydrogens is 232 g/mol. The summed E-state index contributed by atoms with van der Waals surface area (Å²) in [5.41, 5.74) is 7.04. The van der Waals surface area contributed by atoms with Crippen LogP contribution >= 0.6 is 0 Å². The molecule has 2 atom stereocenters. The summed E-state index contributed by atoms with van der Waals surface area (Å²) in [6, 6.07) is 1.82. The molecule has 2 heteroatoms. The Balaban J connectivity index is 1.91. The van der Waals surface area contributed by atoms with Gasteiger partial charge in [0.1, 0.15) is 0 Å². The van der Waals surface area contributed by atoms with Gasteiger partial charge in [0.15, 0.2) is 0 Å². The van der Waals surface area contributed by atoms with Crippen LogP contribution in [0.2, 0.25) is 0 Å². The molecule has 2 N–H and O–H groups in total. The van der Waals surface area contributed by atoms with Gasteiger partial charge in [0.05, 0.1) is 0 Å². The van der Waals surface area contributed by atoms with Gasteiger partial charge in [0.2, 0.25) is 0 Å². The van der Waals surface area contributed by atoms with Gasteiger partial charge in [-0.1, -0.05) is 39.5 Å². The molecule has 2 aliphatic rings. The van der Waals surface area contributed by atoms with E-state index < -0.39 is 0 Å². The highest BCUT2D eigenvalue weighted by Gasteiger charge is 2.33. The summed E-state index contributed by atoms with van der Waals surface area (Å²) in [7, 11) is 2.34. The SMILES string of the molecule is CN(C1CCC(C)(C)CC1)C1CCCCCCC1N. The molecule has 0 aromatic carbocycles. The van der Waals surface area contributed by atoms with Gasteiger partial charge in [0.25, 0.3) is 0 Å². The van der Waals surface area contributed by atoms with Gasteiger partial charge in [-0.05, 0) is 51.0 Å². The molecule has 0 radical (unpaired) electrons. The monoisotopic (exact) mass is 266 g/mol. The molecule has 2 nitrogen and oxygen atoms in total. The predicted octanol–water partition coefficient (Wildman–Crippen LogP) is 3.94. The van der Waals surface area contributed by atoms with Gasteiger partial charge in [-0.15, -0.1) is 0 Å². The molecule has 0 aromatic heterocycles. The fourth-order valence-corrected chi connectivity index (χ4v) is 4.06. The fraction of sp³-hybridized carbons (Fsp3) is 1.00. The van der Waals surface area contributed by atoms with E-state index in [0.29, 0.717) is 17.5 Å². The van der Waals surface area contributed by atoms with Crippen LogP contribution in [0.5, 0.6) is 0 Å². The number of rotatable bonds is 2. The molecule has 2 aliphatic carbocycles. The maximum absolute atomic E-state index is 6.47. The first-order chi connectivity index (χ1) is 8.99. The van der Waals surface area contributed by atoms with E-state index in [0.717, 1.165) is 6.04 Å². The quantitative estimate of drug-likeness (QED) is 0.820. The fourth-order valence-electron chi connectivity index (χ4n) is 4.06. The molecule has 0 amide bonds. The third-order valence-corrected chi connectivity index (χ3v) is 5.69. The maximum Gasteiger partial charge on any atom is 0.0247 e. The van der Waals surface area contributed by atoms with Crippen molar-refractivity contribution >= 4 is 0 Å². The lowest BCUT2D eigenvalue weighted by molar-refractivity contribution is 0.0745. The summed E-state index contributed by atoms with van der Waals surface area (Å²) >= 11 is 0. The maximum atomic E-state index is 6.47. The van der Waals surface area contributed by atoms with E-state index >= 15 is 0 Å². The Hall–Kier alpha value is -0.0800. The second kappa shape index (κ2) is 6.58. The number of nitrogens with zero attached hydrogens (tertiary/aromatic N) is 1. The van der Waals surface area contributed by atoms with E-state index in [1.54, 1.807) is 0 Å². The normalized spacial score (nSPS) is 33.9. The Morgan fingerprint density at radius 1 is 0.895 bits per heavy atom. The van der Waals surface area contributed by atoms with E-state index in [1.165, 1.54) is 64.2 Å². The van der Waals surface area contributed by atoms with Crippen molar-refractivity contribution in [2.45, 2.75) is 96.2 Å². The van der Waals surface area contributed by atoms with Crippen LogP contribution in [0.1, 0.15) is 78.1 Å². The van der Waals surface area contributed by atoms with E-state index in [2.05, 4.69) is 25.8 Å². The van der Waals surface area contributed by atoms with Crippen LogP contribution < -0.4 is 5.73 Å². The summed E-state index contributed by atoms with van der Waals surface area (Å²) in [5.74, 6) is 0. The highest BCUT2D eigenvalue weighted by Crippen LogP contribution is 2.37. The Morgan fingerprint density at radius 2 is 1.47 bits per heavy atom. The summed E-state index contributed by atoms with van der Waals surface area (Å²) in [4.78, 5) is 2.66. The first kappa shape index (κ1) is 15.3. The zero-order valence-corrected chi connectivity index (χ0v) is 13.3. The predicted molar refractivity (Wildman–Crippen MR) is 83.3 cm³/mol. The van der Waals surface area contributed by atoms with Gasteiger partial charge < -0.3 is 5.73 Å². The first-order valence-electron chi connectivity index (χ1n) is 8.47. The van der Waals surface area contributed by atoms with E-state index in [4.69, 9.17) is 5.73 Å². The molecule has 2 rings (SSSR count). The van der Waals surface area contributed by atoms with Gasteiger partial charge in [-0.25, -0.2) is 0 Å². The number of hydrogen-bond donors (Lipinski definition) is 1. The zero-order valence-electron chi connectivity index (χ0n) is 13.3. The molecule has 0 heterocycles. The first-order valence-corrected chi connectivity index (χ1v) is 8.47. The van der Waals surface area contributed by atoms with E-state index in [-0.39, 0.29) is 0 Å². The molecule has 2 unspecified atom stereocenters. The van der Waals surface area contributed by atoms with Crippen molar-refractivity contribution in [3.05, 3.63) is 0 Å². The summed E-state index contributed by atoms with van der Waals surface area (Å²) in [6.45, 7) is 4.84. The Kier molecular flexibility index (Phi) is 5.30. The van der Waals surface area contributed by atoms with Crippen LogP contribution in [0.15, 0.2) is 0 Å². The third kappa shape index (κ3) is 4.19. The van der Waals surface area contributed by atoms with Crippen LogP contribution in [0, 0.1) is 5.41 Å². The lowest BCUT2D eigenvalue weighted by atomic mass is 9.75. The second-order valence-electron chi connectivity index (χ2n) is 7.78. The zero-order chi connectivity index (χ0) is 13.9.